The molecule has 0 amide bonds. The van der Waals surface area contributed by atoms with Crippen molar-refractivity contribution in [1.29, 1.82) is 0 Å². The van der Waals surface area contributed by atoms with E-state index in [-0.39, 0.29) is 49.1 Å². The molecule has 0 aromatic heterocycles. The Balaban J connectivity index is 1.24. The smallest absolute Gasteiger partial charge is 0.341 e. The Morgan fingerprint density at radius 3 is 2.56 bits per heavy atom. The van der Waals surface area contributed by atoms with E-state index < -0.39 is 52.6 Å². The van der Waals surface area contributed by atoms with Gasteiger partial charge in [-0.05, 0) is 87.5 Å². The number of aliphatic carboxylic acids is 1. The summed E-state index contributed by atoms with van der Waals surface area (Å²) in [5.41, 5.74) is -3.49. The summed E-state index contributed by atoms with van der Waals surface area (Å²) in [4.78, 5) is 36.5. The molecule has 0 bridgehead atoms. The van der Waals surface area contributed by atoms with Crippen LogP contribution in [0.15, 0.2) is 11.6 Å². The van der Waals surface area contributed by atoms with Crippen LogP contribution in [0.2, 0.25) is 0 Å². The summed E-state index contributed by atoms with van der Waals surface area (Å²) in [6.45, 7) is 4.06. The second kappa shape index (κ2) is 9.08. The molecule has 0 spiro atoms. The number of aldehydes is 1. The Kier molecular flexibility index (Phi) is 6.36. The zero-order valence-corrected chi connectivity index (χ0v) is 22.6. The van der Waals surface area contributed by atoms with Crippen molar-refractivity contribution in [3.63, 3.8) is 0 Å². The molecule has 0 radical (unpaired) electrons. The van der Waals surface area contributed by atoms with Gasteiger partial charge in [-0.3, -0.25) is 0 Å². The summed E-state index contributed by atoms with van der Waals surface area (Å²) in [6.07, 6.45) is 3.43. The van der Waals surface area contributed by atoms with E-state index in [1.54, 1.807) is 13.0 Å². The van der Waals surface area contributed by atoms with E-state index in [1.165, 1.54) is 0 Å². The first-order chi connectivity index (χ1) is 18.4. The lowest BCUT2D eigenvalue weighted by Crippen LogP contribution is -2.65. The molecule has 4 saturated carbocycles. The molecule has 39 heavy (non-hydrogen) atoms. The Hall–Kier alpha value is -1.85. The molecule has 2 aliphatic heterocycles. The fraction of sp³-hybridized carbons (Fsp3) is 0.828. The summed E-state index contributed by atoms with van der Waals surface area (Å²) in [6, 6.07) is 0. The summed E-state index contributed by atoms with van der Waals surface area (Å²) < 4.78 is 16.7. The van der Waals surface area contributed by atoms with Crippen molar-refractivity contribution in [3.8, 4) is 0 Å². The number of carbonyl (C=O) groups excluding carboxylic acids is 2. The van der Waals surface area contributed by atoms with Crippen molar-refractivity contribution in [3.05, 3.63) is 11.6 Å². The number of carboxylic acids is 1. The maximum atomic E-state index is 12.9. The maximum absolute atomic E-state index is 12.9. The number of ether oxygens (including phenoxy) is 3. The summed E-state index contributed by atoms with van der Waals surface area (Å²) >= 11 is 0. The second-order valence-corrected chi connectivity index (χ2v) is 13.4. The van der Waals surface area contributed by atoms with Crippen molar-refractivity contribution < 1.29 is 49.0 Å². The van der Waals surface area contributed by atoms with Gasteiger partial charge in [-0.2, -0.15) is 0 Å². The van der Waals surface area contributed by atoms with E-state index in [0.29, 0.717) is 25.7 Å². The van der Waals surface area contributed by atoms with Gasteiger partial charge in [-0.15, -0.1) is 0 Å². The molecule has 0 aromatic rings. The molecule has 4 N–H and O–H groups in total. The van der Waals surface area contributed by atoms with Crippen molar-refractivity contribution in [2.45, 2.75) is 107 Å². The summed E-state index contributed by atoms with van der Waals surface area (Å²) in [5, 5.41) is 43.9. The highest BCUT2D eigenvalue weighted by atomic mass is 16.7. The van der Waals surface area contributed by atoms with Gasteiger partial charge in [0.25, 0.3) is 0 Å². The van der Waals surface area contributed by atoms with Crippen LogP contribution in [0.4, 0.5) is 0 Å². The number of aliphatic hydroxyl groups is 3. The van der Waals surface area contributed by atoms with Crippen LogP contribution >= 0.6 is 0 Å². The largest absolute Gasteiger partial charge is 0.479 e. The van der Waals surface area contributed by atoms with E-state index in [0.717, 1.165) is 31.1 Å². The minimum absolute atomic E-state index is 0.0521. The Morgan fingerprint density at radius 2 is 1.90 bits per heavy atom. The van der Waals surface area contributed by atoms with Gasteiger partial charge in [0, 0.05) is 23.3 Å². The highest BCUT2D eigenvalue weighted by molar-refractivity contribution is 5.85. The Bertz CT molecular complexity index is 1090. The molecule has 0 aromatic carbocycles. The molecule has 4 aliphatic carbocycles. The highest BCUT2D eigenvalue weighted by Crippen LogP contribution is 2.69. The average molecular weight is 549 g/mol. The van der Waals surface area contributed by atoms with E-state index in [1.807, 2.05) is 0 Å². The van der Waals surface area contributed by atoms with Crippen LogP contribution in [0.25, 0.3) is 0 Å². The molecule has 5 fully saturated rings. The minimum Gasteiger partial charge on any atom is -0.479 e. The van der Waals surface area contributed by atoms with Gasteiger partial charge < -0.3 is 39.4 Å². The van der Waals surface area contributed by atoms with Crippen molar-refractivity contribution in [2.24, 2.45) is 34.5 Å². The number of rotatable bonds is 5. The molecule has 10 nitrogen and oxygen atoms in total. The zero-order valence-electron chi connectivity index (χ0n) is 22.6. The number of carboxylic acid groups (broad SMARTS) is 1. The predicted octanol–water partition coefficient (Wildman–Crippen LogP) is 1.73. The lowest BCUT2D eigenvalue weighted by molar-refractivity contribution is -0.261. The molecule has 12 atom stereocenters. The number of esters is 1. The number of fused-ring (bicyclic) bond motifs is 5. The number of carbonyl (C=O) groups is 3. The van der Waals surface area contributed by atoms with Crippen LogP contribution in [0, 0.1) is 34.5 Å². The quantitative estimate of drug-likeness (QED) is 0.294. The third kappa shape index (κ3) is 3.74. The third-order valence-corrected chi connectivity index (χ3v) is 11.8. The van der Waals surface area contributed by atoms with Gasteiger partial charge in [0.2, 0.25) is 5.60 Å². The van der Waals surface area contributed by atoms with Crippen molar-refractivity contribution in [2.75, 3.05) is 6.61 Å². The number of aliphatic hydroxyl groups excluding tert-OH is 1. The lowest BCUT2D eigenvalue weighted by Gasteiger charge is -2.63. The van der Waals surface area contributed by atoms with Crippen molar-refractivity contribution in [1.82, 2.24) is 0 Å². The SMILES string of the molecule is CC1CC(O)(C(=O)O)C(OC2CC3CCC4C(CCC5(C)C(C6=CC(=O)OC6)CCC45O)C3(C=O)CC2O)O1. The standard InChI is InChI=1S/C29H40O10/c1-15-11-28(35,24(33)34)25(38-15)39-22-10-17-3-4-20-19(27(17,14-30)12-21(22)31)5-7-26(2)18(6-8-29(20,26)36)16-9-23(32)37-13-16/h9,14-15,17-22,25,31,35-36H,3-8,10-13H2,1-2H3,(H,33,34). The first-order valence-corrected chi connectivity index (χ1v) is 14.4. The molecule has 6 aliphatic rings. The van der Waals surface area contributed by atoms with Gasteiger partial charge in [0.05, 0.1) is 23.9 Å². The van der Waals surface area contributed by atoms with Gasteiger partial charge in [-0.25, -0.2) is 9.59 Å². The monoisotopic (exact) mass is 548 g/mol. The molecule has 10 heteroatoms. The fourth-order valence-corrected chi connectivity index (χ4v) is 9.84. The Labute approximate surface area is 227 Å². The molecule has 2 heterocycles. The molecular formula is C29H40O10. The summed E-state index contributed by atoms with van der Waals surface area (Å²) in [7, 11) is 0. The van der Waals surface area contributed by atoms with Crippen molar-refractivity contribution >= 4 is 18.2 Å². The van der Waals surface area contributed by atoms with Gasteiger partial charge in [-0.1, -0.05) is 6.92 Å². The van der Waals surface area contributed by atoms with Crippen LogP contribution in [-0.4, -0.2) is 81.1 Å². The number of cyclic esters (lactones) is 1. The van der Waals surface area contributed by atoms with Crippen LogP contribution in [0.5, 0.6) is 0 Å². The molecule has 6 rings (SSSR count). The van der Waals surface area contributed by atoms with Gasteiger partial charge >= 0.3 is 11.9 Å². The topological polar surface area (TPSA) is 160 Å². The van der Waals surface area contributed by atoms with E-state index in [9.17, 15) is 34.8 Å². The van der Waals surface area contributed by atoms with Crippen LogP contribution < -0.4 is 0 Å². The normalized spacial score (nSPS) is 52.8. The highest BCUT2D eigenvalue weighted by Gasteiger charge is 2.69. The average Bonchev–Trinajstić information content (AvgIpc) is 3.52. The van der Waals surface area contributed by atoms with Crippen LogP contribution in [0.3, 0.4) is 0 Å². The fourth-order valence-electron chi connectivity index (χ4n) is 9.84. The van der Waals surface area contributed by atoms with E-state index in [2.05, 4.69) is 6.92 Å². The van der Waals surface area contributed by atoms with Crippen LogP contribution in [0.1, 0.15) is 71.6 Å². The maximum Gasteiger partial charge on any atom is 0.341 e. The Morgan fingerprint density at radius 1 is 1.13 bits per heavy atom. The van der Waals surface area contributed by atoms with Crippen LogP contribution in [-0.2, 0) is 28.6 Å². The second-order valence-electron chi connectivity index (χ2n) is 13.4. The lowest BCUT2D eigenvalue weighted by atomic mass is 9.43. The molecule has 1 saturated heterocycles. The molecule has 216 valence electrons. The number of hydrogen-bond donors (Lipinski definition) is 4. The van der Waals surface area contributed by atoms with E-state index in [4.69, 9.17) is 14.2 Å². The molecular weight excluding hydrogens is 508 g/mol. The van der Waals surface area contributed by atoms with Gasteiger partial charge in [0.15, 0.2) is 6.29 Å². The summed E-state index contributed by atoms with van der Waals surface area (Å²) in [5.74, 6) is -2.02. The first kappa shape index (κ1) is 27.3. The van der Waals surface area contributed by atoms with E-state index >= 15 is 0 Å². The first-order valence-electron chi connectivity index (χ1n) is 14.4. The zero-order chi connectivity index (χ0) is 28.0. The number of hydrogen-bond acceptors (Lipinski definition) is 9. The molecule has 12 unspecified atom stereocenters. The van der Waals surface area contributed by atoms with Gasteiger partial charge in [0.1, 0.15) is 12.9 Å². The predicted molar refractivity (Wildman–Crippen MR) is 134 cm³/mol. The third-order valence-electron chi connectivity index (χ3n) is 11.8. The minimum atomic E-state index is -2.20.